The van der Waals surface area contributed by atoms with Gasteiger partial charge in [0.25, 0.3) is 5.91 Å². The minimum Gasteiger partial charge on any atom is -0.506 e. The average Bonchev–Trinajstić information content (AvgIpc) is 0.864. The van der Waals surface area contributed by atoms with Crippen LogP contribution in [0.2, 0.25) is 0 Å². The van der Waals surface area contributed by atoms with Gasteiger partial charge in [0.05, 0.1) is 327 Å². The van der Waals surface area contributed by atoms with E-state index in [2.05, 4.69) is 37.2 Å². The number of aliphatic hydroxyl groups excluding tert-OH is 1. The number of carboxylic acids is 1. The Labute approximate surface area is 651 Å². The Kier molecular flexibility index (Phi) is 76.8. The molecule has 1 aromatic carbocycles. The van der Waals surface area contributed by atoms with Crippen LogP contribution in [0.25, 0.3) is 0 Å². The minimum atomic E-state index is -0.935. The van der Waals surface area contributed by atoms with Crippen molar-refractivity contribution >= 4 is 51.2 Å². The molecule has 0 aliphatic rings. The lowest BCUT2D eigenvalue weighted by Crippen LogP contribution is -2.30. The highest BCUT2D eigenvalue weighted by Crippen LogP contribution is 2.26. The maximum absolute atomic E-state index is 12.5. The first-order valence-electron chi connectivity index (χ1n) is 37.6. The van der Waals surface area contributed by atoms with Gasteiger partial charge in [-0.3, -0.25) is 24.0 Å². The first-order valence-corrected chi connectivity index (χ1v) is 38.4. The molecule has 0 aliphatic heterocycles. The number of hydrogen-bond donors (Lipinski definition) is 8. The lowest BCUT2D eigenvalue weighted by Gasteiger charge is -2.15. The van der Waals surface area contributed by atoms with Crippen molar-refractivity contribution in [2.75, 3.05) is 335 Å². The second-order valence-corrected chi connectivity index (χ2v) is 24.1. The van der Waals surface area contributed by atoms with Crippen molar-refractivity contribution in [2.45, 2.75) is 51.5 Å². The predicted octanol–water partition coefficient (Wildman–Crippen LogP) is 0.873. The summed E-state index contributed by atoms with van der Waals surface area (Å²) in [6, 6.07) is 4.24. The third-order valence-corrected chi connectivity index (χ3v) is 14.7. The summed E-state index contributed by atoms with van der Waals surface area (Å²) in [6.07, 6.45) is 2.55. The maximum Gasteiger partial charge on any atom is 0.306 e. The fourth-order valence-electron chi connectivity index (χ4n) is 8.55. The molecule has 0 aromatic heterocycles. The highest BCUT2D eigenvalue weighted by Gasteiger charge is 2.18. The van der Waals surface area contributed by atoms with Gasteiger partial charge in [0.2, 0.25) is 17.7 Å². The number of carboxylic acid groups (broad SMARTS) is 1. The molecule has 0 saturated heterocycles. The number of anilines is 1. The summed E-state index contributed by atoms with van der Waals surface area (Å²) in [6.45, 7) is 23.0. The smallest absolute Gasteiger partial charge is 0.306 e. The van der Waals surface area contributed by atoms with Crippen molar-refractivity contribution in [1.29, 1.82) is 0 Å². The first-order chi connectivity index (χ1) is 53.4. The Balaban J connectivity index is 1.71. The van der Waals surface area contributed by atoms with Crippen molar-refractivity contribution in [1.82, 2.24) is 16.0 Å². The van der Waals surface area contributed by atoms with E-state index in [0.717, 1.165) is 11.6 Å². The number of amides is 4. The van der Waals surface area contributed by atoms with Gasteiger partial charge in [-0.1, -0.05) is 13.0 Å². The van der Waals surface area contributed by atoms with Gasteiger partial charge in [-0.05, 0) is 59.3 Å². The molecule has 37 heteroatoms. The number of carbonyl (C=O) groups is 5. The number of benzene rings is 1. The van der Waals surface area contributed by atoms with Crippen LogP contribution in [0.3, 0.4) is 0 Å². The third kappa shape index (κ3) is 74.8. The van der Waals surface area contributed by atoms with Crippen molar-refractivity contribution < 1.29 is 148 Å². The first kappa shape index (κ1) is 103. The molecule has 0 aliphatic carbocycles. The van der Waals surface area contributed by atoms with Crippen LogP contribution in [0, 0.1) is 5.92 Å². The number of halogens is 1. The van der Waals surface area contributed by atoms with Crippen LogP contribution < -0.4 is 27.0 Å². The van der Waals surface area contributed by atoms with E-state index in [0.29, 0.717) is 323 Å². The van der Waals surface area contributed by atoms with Crippen molar-refractivity contribution in [3.63, 3.8) is 0 Å². The fourth-order valence-corrected chi connectivity index (χ4v) is 8.90. The molecule has 1 rings (SSSR count). The molecule has 109 heavy (non-hydrogen) atoms. The summed E-state index contributed by atoms with van der Waals surface area (Å²) in [5.74, 6) is -3.36. The zero-order chi connectivity index (χ0) is 78.9. The number of hydrogen-bond acceptors (Lipinski definition) is 31. The van der Waals surface area contributed by atoms with E-state index in [1.807, 2.05) is 0 Å². The second kappa shape index (κ2) is 81.6. The number of ether oxygens (including phenoxy) is 23. The van der Waals surface area contributed by atoms with Gasteiger partial charge in [0.1, 0.15) is 5.75 Å². The molecule has 636 valence electrons. The highest BCUT2D eigenvalue weighted by molar-refractivity contribution is 9.12. The molecular formula is C72H130BrN5O31. The zero-order valence-electron chi connectivity index (χ0n) is 64.3. The van der Waals surface area contributed by atoms with Crippen LogP contribution in [0.5, 0.6) is 5.75 Å². The fraction of sp³-hybridized carbons (Fsp3) is 0.819. The number of rotatable bonds is 87. The Hall–Kier alpha value is -4.41. The van der Waals surface area contributed by atoms with Crippen LogP contribution in [0.15, 0.2) is 28.8 Å². The third-order valence-electron chi connectivity index (χ3n) is 14.1. The van der Waals surface area contributed by atoms with E-state index < -0.39 is 35.7 Å². The van der Waals surface area contributed by atoms with Gasteiger partial charge in [0.15, 0.2) is 0 Å². The standard InChI is InChI=1S/C72H130BrN5O31/c1-62(72(85)86)58-64(74)59-63-6-7-67(80)66(60-63)78-69(82)5-3-8-75-70(83)61-65(73)71(84)77-9-2-4-68(81)76-10-12-87-14-16-89-18-20-91-22-24-93-26-28-95-30-32-97-34-36-99-38-40-101-42-44-103-46-48-105-50-52-107-54-56-109-57-55-108-53-51-106-49-47-104-45-43-102-41-39-100-37-35-98-33-31-96-29-27-94-25-23-92-21-19-90-17-15-88-13-11-79/h6-7,60-62,64,79-80H,2-5,8-59,74H2,1H3,(H,75,83)(H,76,81)(H,77,84)(H,78,82)(H,85,86)/b65-61-/t62?,64-/m1/s1. The van der Waals surface area contributed by atoms with Crippen LogP contribution in [0.1, 0.15) is 44.6 Å². The highest BCUT2D eigenvalue weighted by atomic mass is 79.9. The SMILES string of the molecule is CC(C[C@@H](N)Cc1ccc(O)c(NC(=O)CCCNC(=O)/C=C(\Br)C(=O)NCCCC(=O)NCCOCCOCCOCCOCCOCCOCCOCCOCCOCCOCCOCCOCCOCCOCCOCCOCCOCCOCCOCCOCCOCCOCCOCCO)c1)C(=O)O. The Morgan fingerprint density at radius 2 is 0.670 bits per heavy atom. The second-order valence-electron chi connectivity index (χ2n) is 23.2. The normalized spacial score (nSPS) is 12.2. The molecule has 0 bridgehead atoms. The Morgan fingerprint density at radius 3 is 0.963 bits per heavy atom. The van der Waals surface area contributed by atoms with Crippen LogP contribution in [-0.4, -0.2) is 381 Å². The molecule has 0 heterocycles. The number of phenols is 1. The van der Waals surface area contributed by atoms with Crippen LogP contribution >= 0.6 is 15.9 Å². The summed E-state index contributed by atoms with van der Waals surface area (Å²) in [7, 11) is 0. The molecule has 0 radical (unpaired) electrons. The number of carbonyl (C=O) groups excluding carboxylic acids is 4. The number of aliphatic hydroxyl groups is 1. The monoisotopic (exact) mass is 1640 g/mol. The summed E-state index contributed by atoms with van der Waals surface area (Å²) < 4.78 is 126. The maximum atomic E-state index is 12.5. The van der Waals surface area contributed by atoms with Crippen molar-refractivity contribution in [3.8, 4) is 5.75 Å². The quantitative estimate of drug-likeness (QED) is 0.0255. The molecule has 9 N–H and O–H groups in total. The molecule has 0 spiro atoms. The van der Waals surface area contributed by atoms with E-state index in [-0.39, 0.29) is 67.2 Å². The molecule has 0 saturated carbocycles. The number of aromatic hydroxyl groups is 1. The average molecular weight is 1640 g/mol. The summed E-state index contributed by atoms with van der Waals surface area (Å²) in [4.78, 5) is 60.6. The van der Waals surface area contributed by atoms with E-state index in [9.17, 15) is 29.1 Å². The number of phenolic OH excluding ortho intramolecular Hbond substituents is 1. The van der Waals surface area contributed by atoms with Gasteiger partial charge in [0, 0.05) is 44.6 Å². The number of aliphatic carboxylic acids is 1. The lowest BCUT2D eigenvalue weighted by atomic mass is 9.96. The Bertz CT molecular complexity index is 2280. The van der Waals surface area contributed by atoms with E-state index >= 15 is 0 Å². The molecule has 1 unspecified atom stereocenters. The lowest BCUT2D eigenvalue weighted by molar-refractivity contribution is -0.141. The molecule has 36 nitrogen and oxygen atoms in total. The summed E-state index contributed by atoms with van der Waals surface area (Å²) in [5, 5.41) is 38.6. The molecule has 1 aromatic rings. The summed E-state index contributed by atoms with van der Waals surface area (Å²) in [5.41, 5.74) is 7.01. The number of nitrogens with one attached hydrogen (secondary N) is 4. The van der Waals surface area contributed by atoms with Crippen molar-refractivity contribution in [3.05, 3.63) is 34.3 Å². The van der Waals surface area contributed by atoms with Crippen molar-refractivity contribution in [2.24, 2.45) is 11.7 Å². The molecule has 4 amide bonds. The van der Waals surface area contributed by atoms with Gasteiger partial charge < -0.3 is 151 Å². The van der Waals surface area contributed by atoms with E-state index in [4.69, 9.17) is 125 Å². The molecule has 0 fully saturated rings. The van der Waals surface area contributed by atoms with Gasteiger partial charge in [-0.15, -0.1) is 0 Å². The van der Waals surface area contributed by atoms with Crippen LogP contribution in [-0.2, 0) is 139 Å². The number of nitrogens with two attached hydrogens (primary N) is 1. The Morgan fingerprint density at radius 1 is 0.394 bits per heavy atom. The van der Waals surface area contributed by atoms with Gasteiger partial charge in [-0.2, -0.15) is 0 Å². The largest absolute Gasteiger partial charge is 0.506 e. The summed E-state index contributed by atoms with van der Waals surface area (Å²) >= 11 is 3.09. The van der Waals surface area contributed by atoms with Gasteiger partial charge >= 0.3 is 5.97 Å². The topological polar surface area (TPSA) is 432 Å². The van der Waals surface area contributed by atoms with Crippen LogP contribution in [0.4, 0.5) is 5.69 Å². The van der Waals surface area contributed by atoms with E-state index in [1.165, 1.54) is 6.07 Å². The van der Waals surface area contributed by atoms with E-state index in [1.54, 1.807) is 19.1 Å². The minimum absolute atomic E-state index is 0.0122. The molecular weight excluding hydrogens is 1510 g/mol. The van der Waals surface area contributed by atoms with Gasteiger partial charge in [-0.25, -0.2) is 0 Å². The molecule has 2 atom stereocenters. The predicted molar refractivity (Wildman–Crippen MR) is 400 cm³/mol. The zero-order valence-corrected chi connectivity index (χ0v) is 65.9.